The number of nitrogens with one attached hydrogen (secondary N) is 1. The number of ether oxygens (including phenoxy) is 1. The van der Waals surface area contributed by atoms with Crippen LogP contribution in [0.25, 0.3) is 0 Å². The Balaban J connectivity index is 1.24. The molecule has 2 saturated carbocycles. The van der Waals surface area contributed by atoms with Crippen LogP contribution in [0.3, 0.4) is 0 Å². The van der Waals surface area contributed by atoms with Crippen molar-refractivity contribution in [3.05, 3.63) is 11.7 Å². The Morgan fingerprint density at radius 1 is 1.15 bits per heavy atom. The van der Waals surface area contributed by atoms with Crippen molar-refractivity contribution in [3.63, 3.8) is 0 Å². The van der Waals surface area contributed by atoms with Gasteiger partial charge in [-0.25, -0.2) is 4.79 Å². The molecule has 2 heterocycles. The van der Waals surface area contributed by atoms with Gasteiger partial charge >= 0.3 is 6.03 Å². The lowest BCUT2D eigenvalue weighted by molar-refractivity contribution is 0.125. The molecule has 1 aromatic heterocycles. The minimum Gasteiger partial charge on any atom is -0.381 e. The largest absolute Gasteiger partial charge is 0.381 e. The molecule has 1 saturated heterocycles. The fraction of sp³-hybridized carbons (Fsp3) is 0.850. The Morgan fingerprint density at radius 2 is 2.00 bits per heavy atom. The molecule has 1 N–H and O–H groups in total. The van der Waals surface area contributed by atoms with Crippen LogP contribution < -0.4 is 5.32 Å². The summed E-state index contributed by atoms with van der Waals surface area (Å²) >= 11 is 0. The second kappa shape index (κ2) is 9.04. The van der Waals surface area contributed by atoms with Crippen LogP contribution in [0.1, 0.15) is 75.4 Å². The highest BCUT2D eigenvalue weighted by Crippen LogP contribution is 2.29. The third-order valence-corrected chi connectivity index (χ3v) is 5.99. The highest BCUT2D eigenvalue weighted by molar-refractivity contribution is 5.74. The first kappa shape index (κ1) is 18.7. The molecule has 1 aliphatic heterocycles. The lowest BCUT2D eigenvalue weighted by Gasteiger charge is -2.33. The summed E-state index contributed by atoms with van der Waals surface area (Å²) in [6.45, 7) is 2.98. The fourth-order valence-electron chi connectivity index (χ4n) is 4.11. The van der Waals surface area contributed by atoms with Crippen molar-refractivity contribution in [2.45, 2.75) is 76.2 Å². The summed E-state index contributed by atoms with van der Waals surface area (Å²) in [5.41, 5.74) is 0. The van der Waals surface area contributed by atoms with Gasteiger partial charge in [-0.05, 0) is 44.4 Å². The van der Waals surface area contributed by atoms with Crippen LogP contribution in [0.5, 0.6) is 0 Å². The van der Waals surface area contributed by atoms with E-state index in [1.807, 2.05) is 4.90 Å². The molecule has 0 radical (unpaired) electrons. The number of carbonyl (C=O) groups excluding carboxylic acids is 1. The van der Waals surface area contributed by atoms with Gasteiger partial charge in [-0.1, -0.05) is 24.4 Å². The summed E-state index contributed by atoms with van der Waals surface area (Å²) in [5.74, 6) is 2.30. The highest BCUT2D eigenvalue weighted by atomic mass is 16.5. The summed E-state index contributed by atoms with van der Waals surface area (Å²) in [7, 11) is 0. The van der Waals surface area contributed by atoms with Gasteiger partial charge in [0.1, 0.15) is 0 Å². The highest BCUT2D eigenvalue weighted by Gasteiger charge is 2.29. The van der Waals surface area contributed by atoms with Crippen molar-refractivity contribution < 1.29 is 14.1 Å². The van der Waals surface area contributed by atoms with Crippen molar-refractivity contribution in [1.29, 1.82) is 0 Å². The minimum absolute atomic E-state index is 0.0693. The first-order valence-electron chi connectivity index (χ1n) is 10.7. The van der Waals surface area contributed by atoms with Gasteiger partial charge in [-0.2, -0.15) is 4.98 Å². The van der Waals surface area contributed by atoms with E-state index in [9.17, 15) is 4.79 Å². The van der Waals surface area contributed by atoms with Gasteiger partial charge in [0.15, 0.2) is 5.82 Å². The minimum atomic E-state index is 0.0693. The van der Waals surface area contributed by atoms with Gasteiger partial charge in [-0.3, -0.25) is 0 Å². The van der Waals surface area contributed by atoms with Crippen molar-refractivity contribution in [2.75, 3.05) is 26.3 Å². The predicted octanol–water partition coefficient (Wildman–Crippen LogP) is 3.26. The maximum Gasteiger partial charge on any atom is 0.317 e. The normalized spacial score (nSPS) is 24.1. The third kappa shape index (κ3) is 5.43. The SMILES string of the molecule is O=C(NC1CCCCC1)N1CCCC(c2nc(CCOCC3CC3)no2)C1. The van der Waals surface area contributed by atoms with Crippen LogP contribution in [0.2, 0.25) is 0 Å². The van der Waals surface area contributed by atoms with E-state index in [-0.39, 0.29) is 11.9 Å². The van der Waals surface area contributed by atoms with E-state index in [0.717, 1.165) is 44.8 Å². The molecule has 3 fully saturated rings. The second-order valence-corrected chi connectivity index (χ2v) is 8.39. The summed E-state index contributed by atoms with van der Waals surface area (Å²) in [5, 5.41) is 7.32. The number of amides is 2. The molecule has 1 unspecified atom stereocenters. The zero-order valence-electron chi connectivity index (χ0n) is 16.2. The Kier molecular flexibility index (Phi) is 6.27. The molecule has 7 nitrogen and oxygen atoms in total. The van der Waals surface area contributed by atoms with Gasteiger partial charge < -0.3 is 19.5 Å². The van der Waals surface area contributed by atoms with E-state index in [2.05, 4.69) is 15.5 Å². The van der Waals surface area contributed by atoms with Crippen LogP contribution in [0.4, 0.5) is 4.79 Å². The Labute approximate surface area is 161 Å². The number of hydrogen-bond acceptors (Lipinski definition) is 5. The van der Waals surface area contributed by atoms with Crippen molar-refractivity contribution in [3.8, 4) is 0 Å². The summed E-state index contributed by atoms with van der Waals surface area (Å²) in [6, 6.07) is 0.414. The van der Waals surface area contributed by atoms with E-state index in [0.29, 0.717) is 37.3 Å². The van der Waals surface area contributed by atoms with Crippen LogP contribution in [0.15, 0.2) is 4.52 Å². The average molecular weight is 377 g/mol. The third-order valence-electron chi connectivity index (χ3n) is 5.99. The molecule has 2 aliphatic carbocycles. The van der Waals surface area contributed by atoms with Gasteiger partial charge in [0.05, 0.1) is 12.5 Å². The topological polar surface area (TPSA) is 80.5 Å². The summed E-state index contributed by atoms with van der Waals surface area (Å²) in [4.78, 5) is 19.1. The zero-order valence-corrected chi connectivity index (χ0v) is 16.2. The number of urea groups is 1. The lowest BCUT2D eigenvalue weighted by Crippen LogP contribution is -2.48. The molecular formula is C20H32N4O3. The van der Waals surface area contributed by atoms with Gasteiger partial charge in [0, 0.05) is 32.2 Å². The van der Waals surface area contributed by atoms with E-state index >= 15 is 0 Å². The first-order chi connectivity index (χ1) is 13.3. The summed E-state index contributed by atoms with van der Waals surface area (Å²) < 4.78 is 11.2. The first-order valence-corrected chi connectivity index (χ1v) is 10.7. The van der Waals surface area contributed by atoms with E-state index in [1.165, 1.54) is 32.1 Å². The second-order valence-electron chi connectivity index (χ2n) is 8.39. The van der Waals surface area contributed by atoms with Crippen LogP contribution in [-0.4, -0.2) is 53.4 Å². The molecule has 3 aliphatic rings. The smallest absolute Gasteiger partial charge is 0.317 e. The van der Waals surface area contributed by atoms with Gasteiger partial charge in [0.2, 0.25) is 5.89 Å². The Hall–Kier alpha value is -1.63. The maximum absolute atomic E-state index is 12.6. The van der Waals surface area contributed by atoms with Gasteiger partial charge in [-0.15, -0.1) is 0 Å². The Bertz CT molecular complexity index is 610. The van der Waals surface area contributed by atoms with Crippen molar-refractivity contribution in [2.24, 2.45) is 5.92 Å². The van der Waals surface area contributed by atoms with Crippen molar-refractivity contribution in [1.82, 2.24) is 20.4 Å². The lowest BCUT2D eigenvalue weighted by atomic mass is 9.95. The van der Waals surface area contributed by atoms with Gasteiger partial charge in [0.25, 0.3) is 0 Å². The van der Waals surface area contributed by atoms with Crippen LogP contribution in [0, 0.1) is 5.92 Å². The number of hydrogen-bond donors (Lipinski definition) is 1. The number of piperidine rings is 1. The van der Waals surface area contributed by atoms with Crippen molar-refractivity contribution >= 4 is 6.03 Å². The molecule has 1 aromatic rings. The van der Waals surface area contributed by atoms with Crippen LogP contribution >= 0.6 is 0 Å². The van der Waals surface area contributed by atoms with E-state index < -0.39 is 0 Å². The maximum atomic E-state index is 12.6. The molecule has 1 atom stereocenters. The number of rotatable bonds is 7. The molecule has 27 heavy (non-hydrogen) atoms. The Morgan fingerprint density at radius 3 is 2.81 bits per heavy atom. The monoisotopic (exact) mass is 376 g/mol. The molecular weight excluding hydrogens is 344 g/mol. The molecule has 7 heteroatoms. The quantitative estimate of drug-likeness (QED) is 0.739. The molecule has 150 valence electrons. The molecule has 0 spiro atoms. The average Bonchev–Trinajstić information content (AvgIpc) is 3.41. The molecule has 2 amide bonds. The number of carbonyl (C=O) groups is 1. The van der Waals surface area contributed by atoms with E-state index in [1.54, 1.807) is 0 Å². The van der Waals surface area contributed by atoms with Crippen LogP contribution in [-0.2, 0) is 11.2 Å². The standard InChI is InChI=1S/C20H32N4O3/c25-20(21-17-6-2-1-3-7-17)24-11-4-5-16(13-24)19-22-18(23-27-19)10-12-26-14-15-8-9-15/h15-17H,1-14H2,(H,21,25). The predicted molar refractivity (Wildman–Crippen MR) is 100 cm³/mol. The van der Waals surface area contributed by atoms with E-state index in [4.69, 9.17) is 9.26 Å². The number of likely N-dealkylation sites (tertiary alicyclic amines) is 1. The molecule has 0 aromatic carbocycles. The molecule has 0 bridgehead atoms. The molecule has 4 rings (SSSR count). The fourth-order valence-corrected chi connectivity index (χ4v) is 4.11. The number of aromatic nitrogens is 2. The number of nitrogens with zero attached hydrogens (tertiary/aromatic N) is 3. The zero-order chi connectivity index (χ0) is 18.5. The summed E-state index contributed by atoms with van der Waals surface area (Å²) in [6.07, 6.45) is 11.2.